The van der Waals surface area contributed by atoms with Crippen LogP contribution in [0.2, 0.25) is 0 Å². The zero-order chi connectivity index (χ0) is 16.3. The predicted molar refractivity (Wildman–Crippen MR) is 80.4 cm³/mol. The summed E-state index contributed by atoms with van der Waals surface area (Å²) in [6.45, 7) is 1.55. The van der Waals surface area contributed by atoms with E-state index in [2.05, 4.69) is 10.5 Å². The molecule has 1 heterocycles. The summed E-state index contributed by atoms with van der Waals surface area (Å²) in [5.74, 6) is -0.647. The Labute approximate surface area is 125 Å². The Balaban J connectivity index is 2.35. The number of nitriles is 1. The van der Waals surface area contributed by atoms with Gasteiger partial charge in [0.15, 0.2) is 0 Å². The number of aromatic nitrogens is 1. The van der Waals surface area contributed by atoms with Crippen molar-refractivity contribution in [3.05, 3.63) is 57.1 Å². The van der Waals surface area contributed by atoms with E-state index in [0.717, 1.165) is 4.57 Å². The van der Waals surface area contributed by atoms with Gasteiger partial charge in [0, 0.05) is 7.05 Å². The molecule has 0 atom stereocenters. The summed E-state index contributed by atoms with van der Waals surface area (Å²) in [6.07, 6.45) is 1.30. The third kappa shape index (κ3) is 2.81. The van der Waals surface area contributed by atoms with Gasteiger partial charge in [-0.05, 0) is 36.8 Å². The van der Waals surface area contributed by atoms with E-state index in [4.69, 9.17) is 5.26 Å². The summed E-state index contributed by atoms with van der Waals surface area (Å²) in [5, 5.41) is 23.0. The van der Waals surface area contributed by atoms with Gasteiger partial charge in [-0.15, -0.1) is 0 Å². The normalized spacial score (nSPS) is 10.6. The smallest absolute Gasteiger partial charge is 0.271 e. The summed E-state index contributed by atoms with van der Waals surface area (Å²) in [7, 11) is 1.36. The summed E-state index contributed by atoms with van der Waals surface area (Å²) >= 11 is 0. The van der Waals surface area contributed by atoms with E-state index in [1.165, 1.54) is 37.5 Å². The van der Waals surface area contributed by atoms with Crippen LogP contribution < -0.4 is 11.0 Å². The molecule has 112 valence electrons. The van der Waals surface area contributed by atoms with E-state index in [1.807, 2.05) is 6.07 Å². The number of nitrogens with zero attached hydrogens (tertiary/aromatic N) is 3. The second kappa shape index (κ2) is 6.10. The molecular weight excluding hydrogens is 287 g/mol. The van der Waals surface area contributed by atoms with Crippen molar-refractivity contribution >= 4 is 11.9 Å². The number of nitrogens with one attached hydrogen (secondary N) is 1. The lowest BCUT2D eigenvalue weighted by atomic mass is 10.1. The van der Waals surface area contributed by atoms with Crippen LogP contribution in [0.5, 0.6) is 5.88 Å². The third-order valence-electron chi connectivity index (χ3n) is 3.20. The Morgan fingerprint density at radius 2 is 2.05 bits per heavy atom. The Hall–Kier alpha value is -3.14. The van der Waals surface area contributed by atoms with E-state index >= 15 is 0 Å². The van der Waals surface area contributed by atoms with Gasteiger partial charge in [-0.3, -0.25) is 14.8 Å². The molecule has 0 unspecified atom stereocenters. The van der Waals surface area contributed by atoms with Crippen molar-refractivity contribution in [2.45, 2.75) is 6.92 Å². The molecule has 0 fully saturated rings. The van der Waals surface area contributed by atoms with Gasteiger partial charge in [0.25, 0.3) is 5.56 Å². The van der Waals surface area contributed by atoms with Crippen molar-refractivity contribution in [1.82, 2.24) is 4.57 Å². The maximum absolute atomic E-state index is 12.8. The third-order valence-corrected chi connectivity index (χ3v) is 3.20. The minimum Gasteiger partial charge on any atom is -0.494 e. The SMILES string of the molecule is Cc1c(C=NNc2ccc(F)cc2)c(O)n(C)c(=O)c1C#N. The van der Waals surface area contributed by atoms with Crippen molar-refractivity contribution in [1.29, 1.82) is 5.26 Å². The maximum Gasteiger partial charge on any atom is 0.271 e. The average Bonchev–Trinajstić information content (AvgIpc) is 2.51. The van der Waals surface area contributed by atoms with Crippen LogP contribution in [0.4, 0.5) is 10.1 Å². The van der Waals surface area contributed by atoms with E-state index in [1.54, 1.807) is 6.92 Å². The Bertz CT molecular complexity index is 833. The molecule has 1 aromatic heterocycles. The van der Waals surface area contributed by atoms with Crippen LogP contribution in [0.1, 0.15) is 16.7 Å². The van der Waals surface area contributed by atoms with Crippen molar-refractivity contribution in [3.8, 4) is 11.9 Å². The second-order valence-corrected chi connectivity index (χ2v) is 4.59. The Morgan fingerprint density at radius 1 is 1.41 bits per heavy atom. The number of hydrogen-bond acceptors (Lipinski definition) is 5. The van der Waals surface area contributed by atoms with E-state index in [9.17, 15) is 14.3 Å². The van der Waals surface area contributed by atoms with Gasteiger partial charge >= 0.3 is 0 Å². The fourth-order valence-electron chi connectivity index (χ4n) is 1.89. The van der Waals surface area contributed by atoms with Gasteiger partial charge in [-0.2, -0.15) is 10.4 Å². The van der Waals surface area contributed by atoms with Gasteiger partial charge < -0.3 is 5.11 Å². The molecule has 0 saturated carbocycles. The molecule has 2 aromatic rings. The molecule has 0 aliphatic heterocycles. The quantitative estimate of drug-likeness (QED) is 0.668. The average molecular weight is 300 g/mol. The number of hydrazone groups is 1. The zero-order valence-corrected chi connectivity index (χ0v) is 12.0. The minimum atomic E-state index is -0.568. The van der Waals surface area contributed by atoms with Crippen LogP contribution in [0.25, 0.3) is 0 Å². The fourth-order valence-corrected chi connectivity index (χ4v) is 1.89. The van der Waals surface area contributed by atoms with Crippen molar-refractivity contribution < 1.29 is 9.50 Å². The molecule has 0 spiro atoms. The largest absolute Gasteiger partial charge is 0.494 e. The van der Waals surface area contributed by atoms with Gasteiger partial charge in [0.2, 0.25) is 5.88 Å². The summed E-state index contributed by atoms with van der Waals surface area (Å²) in [6, 6.07) is 7.38. The second-order valence-electron chi connectivity index (χ2n) is 4.59. The molecule has 0 radical (unpaired) electrons. The van der Waals surface area contributed by atoms with Crippen molar-refractivity contribution in [3.63, 3.8) is 0 Å². The lowest BCUT2D eigenvalue weighted by molar-refractivity contribution is 0.421. The number of anilines is 1. The molecular formula is C15H13FN4O2. The van der Waals surface area contributed by atoms with Crippen LogP contribution in [0.15, 0.2) is 34.2 Å². The first-order valence-electron chi connectivity index (χ1n) is 6.33. The summed E-state index contributed by atoms with van der Waals surface area (Å²) in [5.41, 5.74) is 3.20. The zero-order valence-electron chi connectivity index (χ0n) is 12.0. The predicted octanol–water partition coefficient (Wildman–Crippen LogP) is 1.86. The Kier molecular flexibility index (Phi) is 4.23. The molecule has 0 aliphatic rings. The molecule has 6 nitrogen and oxygen atoms in total. The van der Waals surface area contributed by atoms with E-state index in [0.29, 0.717) is 11.3 Å². The molecule has 0 bridgehead atoms. The highest BCUT2D eigenvalue weighted by Gasteiger charge is 2.15. The minimum absolute atomic E-state index is 0.0523. The molecule has 2 N–H and O–H groups in total. The van der Waals surface area contributed by atoms with Gasteiger partial charge in [0.05, 0.1) is 17.5 Å². The fraction of sp³-hybridized carbons (Fsp3) is 0.133. The lowest BCUT2D eigenvalue weighted by Crippen LogP contribution is -2.22. The van der Waals surface area contributed by atoms with Gasteiger partial charge in [-0.25, -0.2) is 4.39 Å². The lowest BCUT2D eigenvalue weighted by Gasteiger charge is -2.09. The standard InChI is InChI=1S/C15H13FN4O2/c1-9-12(7-17)14(21)20(2)15(22)13(9)8-18-19-11-5-3-10(16)4-6-11/h3-6,8,19,22H,1-2H3. The first-order chi connectivity index (χ1) is 10.5. The first-order valence-corrected chi connectivity index (χ1v) is 6.33. The molecule has 7 heteroatoms. The number of benzene rings is 1. The summed E-state index contributed by atoms with van der Waals surface area (Å²) < 4.78 is 13.8. The topological polar surface area (TPSA) is 90.4 Å². The highest BCUT2D eigenvalue weighted by Crippen LogP contribution is 2.18. The van der Waals surface area contributed by atoms with Crippen LogP contribution in [0, 0.1) is 24.1 Å². The number of hydrogen-bond donors (Lipinski definition) is 2. The number of aromatic hydroxyl groups is 1. The number of pyridine rings is 1. The highest BCUT2D eigenvalue weighted by molar-refractivity contribution is 5.86. The Morgan fingerprint density at radius 3 is 2.64 bits per heavy atom. The molecule has 0 aliphatic carbocycles. The molecule has 22 heavy (non-hydrogen) atoms. The number of halogens is 1. The van der Waals surface area contributed by atoms with Crippen molar-refractivity contribution in [2.24, 2.45) is 12.1 Å². The number of rotatable bonds is 3. The maximum atomic E-state index is 12.8. The van der Waals surface area contributed by atoms with E-state index < -0.39 is 5.56 Å². The van der Waals surface area contributed by atoms with Crippen LogP contribution in [-0.2, 0) is 7.05 Å². The molecule has 0 amide bonds. The highest BCUT2D eigenvalue weighted by atomic mass is 19.1. The summed E-state index contributed by atoms with van der Waals surface area (Å²) in [4.78, 5) is 11.8. The van der Waals surface area contributed by atoms with Gasteiger partial charge in [-0.1, -0.05) is 0 Å². The molecule has 1 aromatic carbocycles. The van der Waals surface area contributed by atoms with Crippen LogP contribution in [0.3, 0.4) is 0 Å². The monoisotopic (exact) mass is 300 g/mol. The van der Waals surface area contributed by atoms with Crippen molar-refractivity contribution in [2.75, 3.05) is 5.43 Å². The van der Waals surface area contributed by atoms with Gasteiger partial charge in [0.1, 0.15) is 17.4 Å². The molecule has 0 saturated heterocycles. The van der Waals surface area contributed by atoms with Crippen LogP contribution in [-0.4, -0.2) is 15.9 Å². The van der Waals surface area contributed by atoms with E-state index in [-0.39, 0.29) is 22.8 Å². The van der Waals surface area contributed by atoms with Crippen LogP contribution >= 0.6 is 0 Å². The first kappa shape index (κ1) is 15.3. The molecule has 2 rings (SSSR count).